The molecule has 3 aliphatic carbocycles. The van der Waals surface area contributed by atoms with Crippen molar-refractivity contribution in [3.63, 3.8) is 0 Å². The number of rotatable bonds is 4. The summed E-state index contributed by atoms with van der Waals surface area (Å²) in [6.45, 7) is -0.0624. The Hall–Kier alpha value is -1.36. The second-order valence-corrected chi connectivity index (χ2v) is 6.83. The Bertz CT molecular complexity index is 467. The number of carbonyl (C=O) groups excluding carboxylic acids is 1. The highest BCUT2D eigenvalue weighted by Gasteiger charge is 2.52. The number of hydrogen-bond acceptors (Lipinski definition) is 3. The lowest BCUT2D eigenvalue weighted by Gasteiger charge is -2.38. The molecule has 0 saturated heterocycles. The van der Waals surface area contributed by atoms with Crippen LogP contribution in [0, 0.1) is 23.7 Å². The van der Waals surface area contributed by atoms with Crippen molar-refractivity contribution in [3.05, 3.63) is 12.2 Å². The molecule has 0 aromatic rings. The Labute approximate surface area is 124 Å². The molecule has 0 heterocycles. The summed E-state index contributed by atoms with van der Waals surface area (Å²) >= 11 is 0. The molecule has 0 aromatic carbocycles. The highest BCUT2D eigenvalue weighted by Crippen LogP contribution is 2.48. The van der Waals surface area contributed by atoms with Gasteiger partial charge in [0, 0.05) is 0 Å². The zero-order valence-electron chi connectivity index (χ0n) is 12.1. The predicted octanol–water partition coefficient (Wildman–Crippen LogP) is 1.32. The number of fused-ring (bicyclic) bond motifs is 2. The summed E-state index contributed by atoms with van der Waals surface area (Å²) in [5, 5.41) is 22.1. The standard InChI is InChI=1S/C16H23NO4/c18-9-16(6-2-1-3-7-16)17-14(19)12-10-4-5-11(8-10)13(12)15(20)21/h4-5,10-13,18H,1-3,6-9H2,(H,17,19)(H,20,21)/t10?,11?,12-,13+/m0/s1. The average Bonchev–Trinajstić information content (AvgIpc) is 3.08. The van der Waals surface area contributed by atoms with Gasteiger partial charge in [-0.1, -0.05) is 31.4 Å². The van der Waals surface area contributed by atoms with Crippen molar-refractivity contribution in [2.75, 3.05) is 6.61 Å². The zero-order chi connectivity index (χ0) is 15.0. The molecule has 3 aliphatic rings. The molecule has 2 bridgehead atoms. The van der Waals surface area contributed by atoms with Crippen molar-refractivity contribution in [1.29, 1.82) is 0 Å². The van der Waals surface area contributed by atoms with E-state index in [2.05, 4.69) is 5.32 Å². The number of allylic oxidation sites excluding steroid dienone is 2. The molecule has 1 amide bonds. The maximum absolute atomic E-state index is 12.7. The van der Waals surface area contributed by atoms with Crippen LogP contribution < -0.4 is 5.32 Å². The summed E-state index contributed by atoms with van der Waals surface area (Å²) < 4.78 is 0. The lowest BCUT2D eigenvalue weighted by molar-refractivity contribution is -0.148. The number of carboxylic acid groups (broad SMARTS) is 1. The zero-order valence-corrected chi connectivity index (χ0v) is 12.1. The van der Waals surface area contributed by atoms with Gasteiger partial charge in [0.05, 0.1) is 24.0 Å². The van der Waals surface area contributed by atoms with Gasteiger partial charge in [0.1, 0.15) is 0 Å². The molecule has 21 heavy (non-hydrogen) atoms. The van der Waals surface area contributed by atoms with E-state index in [0.29, 0.717) is 0 Å². The second-order valence-electron chi connectivity index (χ2n) is 6.83. The smallest absolute Gasteiger partial charge is 0.307 e. The van der Waals surface area contributed by atoms with Gasteiger partial charge in [0.15, 0.2) is 0 Å². The third kappa shape index (κ3) is 2.48. The van der Waals surface area contributed by atoms with Gasteiger partial charge in [-0.15, -0.1) is 0 Å². The number of aliphatic hydroxyl groups is 1. The molecule has 3 N–H and O–H groups in total. The van der Waals surface area contributed by atoms with Crippen LogP contribution in [-0.4, -0.2) is 34.2 Å². The van der Waals surface area contributed by atoms with Crippen molar-refractivity contribution in [2.45, 2.75) is 44.1 Å². The Morgan fingerprint density at radius 3 is 2.29 bits per heavy atom. The molecule has 5 nitrogen and oxygen atoms in total. The quantitative estimate of drug-likeness (QED) is 0.682. The highest BCUT2D eigenvalue weighted by atomic mass is 16.4. The Kier molecular flexibility index (Phi) is 3.78. The first kappa shape index (κ1) is 14.6. The van der Waals surface area contributed by atoms with Crippen LogP contribution in [-0.2, 0) is 9.59 Å². The second kappa shape index (κ2) is 5.44. The minimum absolute atomic E-state index is 0.0142. The molecule has 3 rings (SSSR count). The fourth-order valence-electron chi connectivity index (χ4n) is 4.41. The first-order valence-electron chi connectivity index (χ1n) is 7.90. The highest BCUT2D eigenvalue weighted by molar-refractivity contribution is 5.87. The predicted molar refractivity (Wildman–Crippen MR) is 76.4 cm³/mol. The van der Waals surface area contributed by atoms with Gasteiger partial charge in [-0.25, -0.2) is 0 Å². The maximum Gasteiger partial charge on any atom is 0.307 e. The molecule has 116 valence electrons. The average molecular weight is 293 g/mol. The van der Waals surface area contributed by atoms with E-state index >= 15 is 0 Å². The fourth-order valence-corrected chi connectivity index (χ4v) is 4.41. The minimum Gasteiger partial charge on any atom is -0.481 e. The van der Waals surface area contributed by atoms with Crippen LogP contribution in [0.1, 0.15) is 38.5 Å². The van der Waals surface area contributed by atoms with E-state index in [1.54, 1.807) is 0 Å². The van der Waals surface area contributed by atoms with E-state index in [9.17, 15) is 19.8 Å². The number of aliphatic carboxylic acids is 1. The van der Waals surface area contributed by atoms with Crippen LogP contribution in [0.3, 0.4) is 0 Å². The first-order valence-corrected chi connectivity index (χ1v) is 7.90. The van der Waals surface area contributed by atoms with Gasteiger partial charge in [0.2, 0.25) is 5.91 Å². The molecule has 4 atom stereocenters. The summed E-state index contributed by atoms with van der Waals surface area (Å²) in [5.41, 5.74) is -0.538. The summed E-state index contributed by atoms with van der Waals surface area (Å²) in [6, 6.07) is 0. The molecular formula is C16H23NO4. The number of nitrogens with one attached hydrogen (secondary N) is 1. The van der Waals surface area contributed by atoms with Crippen LogP contribution >= 0.6 is 0 Å². The summed E-state index contributed by atoms with van der Waals surface area (Å²) in [6.07, 6.45) is 9.39. The van der Waals surface area contributed by atoms with E-state index in [4.69, 9.17) is 0 Å². The van der Waals surface area contributed by atoms with Crippen LogP contribution in [0.25, 0.3) is 0 Å². The van der Waals surface area contributed by atoms with E-state index in [1.165, 1.54) is 0 Å². The monoisotopic (exact) mass is 293 g/mol. The number of hydrogen-bond donors (Lipinski definition) is 3. The van der Waals surface area contributed by atoms with E-state index < -0.39 is 23.3 Å². The molecule has 0 spiro atoms. The molecule has 0 aromatic heterocycles. The molecule has 2 fully saturated rings. The van der Waals surface area contributed by atoms with Crippen LogP contribution in [0.15, 0.2) is 12.2 Å². The van der Waals surface area contributed by atoms with Gasteiger partial charge in [-0.3, -0.25) is 9.59 Å². The van der Waals surface area contributed by atoms with Crippen molar-refractivity contribution >= 4 is 11.9 Å². The molecule has 2 saturated carbocycles. The third-order valence-electron chi connectivity index (χ3n) is 5.55. The normalized spacial score (nSPS) is 36.6. The first-order chi connectivity index (χ1) is 10.1. The van der Waals surface area contributed by atoms with Crippen molar-refractivity contribution in [1.82, 2.24) is 5.32 Å². The van der Waals surface area contributed by atoms with E-state index in [0.717, 1.165) is 38.5 Å². The minimum atomic E-state index is -0.881. The summed E-state index contributed by atoms with van der Waals surface area (Å²) in [7, 11) is 0. The van der Waals surface area contributed by atoms with Crippen molar-refractivity contribution in [2.24, 2.45) is 23.7 Å². The maximum atomic E-state index is 12.7. The number of amides is 1. The Balaban J connectivity index is 1.75. The Morgan fingerprint density at radius 1 is 1.10 bits per heavy atom. The lowest BCUT2D eigenvalue weighted by Crippen LogP contribution is -2.55. The fraction of sp³-hybridized carbons (Fsp3) is 0.750. The van der Waals surface area contributed by atoms with Gasteiger partial charge >= 0.3 is 5.97 Å². The SMILES string of the molecule is O=C(O)[C@@H]1C2C=CC(C2)[C@@H]1C(=O)NC1(CO)CCCCC1. The van der Waals surface area contributed by atoms with Crippen LogP contribution in [0.5, 0.6) is 0 Å². The molecule has 0 radical (unpaired) electrons. The van der Waals surface area contributed by atoms with Gasteiger partial charge in [-0.2, -0.15) is 0 Å². The number of carbonyl (C=O) groups is 2. The molecule has 2 unspecified atom stereocenters. The van der Waals surface area contributed by atoms with Gasteiger partial charge < -0.3 is 15.5 Å². The summed E-state index contributed by atoms with van der Waals surface area (Å²) in [4.78, 5) is 24.1. The lowest BCUT2D eigenvalue weighted by atomic mass is 9.79. The number of aliphatic hydroxyl groups excluding tert-OH is 1. The van der Waals surface area contributed by atoms with Crippen molar-refractivity contribution < 1.29 is 19.8 Å². The molecule has 0 aliphatic heterocycles. The van der Waals surface area contributed by atoms with Gasteiger partial charge in [0.25, 0.3) is 0 Å². The Morgan fingerprint density at radius 2 is 1.71 bits per heavy atom. The van der Waals surface area contributed by atoms with Gasteiger partial charge in [-0.05, 0) is 31.1 Å². The molecular weight excluding hydrogens is 270 g/mol. The topological polar surface area (TPSA) is 86.6 Å². The van der Waals surface area contributed by atoms with E-state index in [1.807, 2.05) is 12.2 Å². The third-order valence-corrected chi connectivity index (χ3v) is 5.55. The summed E-state index contributed by atoms with van der Waals surface area (Å²) in [5.74, 6) is -2.14. The van der Waals surface area contributed by atoms with Crippen molar-refractivity contribution in [3.8, 4) is 0 Å². The van der Waals surface area contributed by atoms with Crippen LogP contribution in [0.4, 0.5) is 0 Å². The number of carboxylic acids is 1. The van der Waals surface area contributed by atoms with Crippen LogP contribution in [0.2, 0.25) is 0 Å². The largest absolute Gasteiger partial charge is 0.481 e. The molecule has 5 heteroatoms. The van der Waals surface area contributed by atoms with E-state index in [-0.39, 0.29) is 24.3 Å².